The molecule has 2 fully saturated rings. The van der Waals surface area contributed by atoms with E-state index >= 15 is 0 Å². The molecule has 3 aliphatic rings. The van der Waals surface area contributed by atoms with Crippen LogP contribution in [0.1, 0.15) is 66.8 Å². The first-order valence-corrected chi connectivity index (χ1v) is 11.0. The molecular weight excluding hydrogens is 368 g/mol. The third-order valence-corrected chi connectivity index (χ3v) is 6.85. The lowest BCUT2D eigenvalue weighted by Crippen LogP contribution is -2.63. The first kappa shape index (κ1) is 20.4. The lowest BCUT2D eigenvalue weighted by Gasteiger charge is -2.53. The van der Waals surface area contributed by atoms with Crippen molar-refractivity contribution in [2.45, 2.75) is 62.5 Å². The summed E-state index contributed by atoms with van der Waals surface area (Å²) in [6, 6.07) is 7.64. The van der Waals surface area contributed by atoms with Gasteiger partial charge in [-0.3, -0.25) is 9.59 Å². The zero-order chi connectivity index (χ0) is 20.3. The van der Waals surface area contributed by atoms with Crippen molar-refractivity contribution in [1.29, 1.82) is 0 Å². The van der Waals surface area contributed by atoms with Crippen LogP contribution >= 0.6 is 0 Å². The summed E-state index contributed by atoms with van der Waals surface area (Å²) in [5.74, 6) is -0.303. The Labute approximate surface area is 172 Å². The number of amides is 2. The van der Waals surface area contributed by atoms with E-state index in [1.807, 2.05) is 29.2 Å². The Balaban J connectivity index is 1.70. The lowest BCUT2D eigenvalue weighted by atomic mass is 9.65. The monoisotopic (exact) mass is 400 g/mol. The molecule has 2 atom stereocenters. The van der Waals surface area contributed by atoms with Crippen molar-refractivity contribution < 1.29 is 19.1 Å². The molecule has 1 aliphatic carbocycles. The van der Waals surface area contributed by atoms with Gasteiger partial charge in [-0.25, -0.2) is 0 Å². The molecule has 1 spiro atoms. The maximum Gasteiger partial charge on any atom is 0.254 e. The standard InChI is InChI=1S/C23H32N2O4/c1-28-15-13-25-22(27)19-10-4-3-9-18(19)20(23(25)11-5-2-6-12-23)21(26)24-16-17-8-7-14-29-17/h3-4,9-10,17,20H,2,5-8,11-16H2,1H3,(H,24,26). The topological polar surface area (TPSA) is 67.9 Å². The van der Waals surface area contributed by atoms with Crippen LogP contribution in [-0.2, 0) is 14.3 Å². The summed E-state index contributed by atoms with van der Waals surface area (Å²) in [5, 5.41) is 3.17. The van der Waals surface area contributed by atoms with Crippen LogP contribution in [0.5, 0.6) is 0 Å². The molecule has 0 bridgehead atoms. The number of rotatable bonds is 6. The molecule has 1 aromatic carbocycles. The highest BCUT2D eigenvalue weighted by Gasteiger charge is 2.54. The molecule has 2 heterocycles. The molecule has 158 valence electrons. The molecule has 1 N–H and O–H groups in total. The van der Waals surface area contributed by atoms with Gasteiger partial charge in [-0.05, 0) is 37.3 Å². The minimum atomic E-state index is -0.469. The highest BCUT2D eigenvalue weighted by atomic mass is 16.5. The summed E-state index contributed by atoms with van der Waals surface area (Å²) in [5.41, 5.74) is 1.05. The van der Waals surface area contributed by atoms with Gasteiger partial charge in [-0.15, -0.1) is 0 Å². The van der Waals surface area contributed by atoms with Gasteiger partial charge in [-0.1, -0.05) is 37.5 Å². The van der Waals surface area contributed by atoms with E-state index in [2.05, 4.69) is 5.32 Å². The maximum atomic E-state index is 13.6. The minimum Gasteiger partial charge on any atom is -0.383 e. The molecule has 2 aliphatic heterocycles. The smallest absolute Gasteiger partial charge is 0.254 e. The second-order valence-corrected chi connectivity index (χ2v) is 8.51. The van der Waals surface area contributed by atoms with Crippen molar-refractivity contribution in [2.75, 3.05) is 33.4 Å². The SMILES string of the molecule is COCCN1C(=O)c2ccccc2C(C(=O)NCC2CCCO2)C12CCCCC2. The zero-order valence-electron chi connectivity index (χ0n) is 17.3. The summed E-state index contributed by atoms with van der Waals surface area (Å²) >= 11 is 0. The molecule has 1 saturated heterocycles. The highest BCUT2D eigenvalue weighted by molar-refractivity contribution is 6.02. The molecule has 6 heteroatoms. The van der Waals surface area contributed by atoms with Crippen LogP contribution in [0.15, 0.2) is 24.3 Å². The molecule has 1 saturated carbocycles. The van der Waals surface area contributed by atoms with Gasteiger partial charge >= 0.3 is 0 Å². The lowest BCUT2D eigenvalue weighted by molar-refractivity contribution is -0.128. The molecular formula is C23H32N2O4. The van der Waals surface area contributed by atoms with Gasteiger partial charge in [0, 0.05) is 32.4 Å². The fourth-order valence-corrected chi connectivity index (χ4v) is 5.47. The molecule has 2 amide bonds. The van der Waals surface area contributed by atoms with E-state index in [1.54, 1.807) is 7.11 Å². The number of carbonyl (C=O) groups excluding carboxylic acids is 2. The van der Waals surface area contributed by atoms with Crippen LogP contribution < -0.4 is 5.32 Å². The van der Waals surface area contributed by atoms with Crippen LogP contribution in [0.2, 0.25) is 0 Å². The Morgan fingerprint density at radius 3 is 2.76 bits per heavy atom. The van der Waals surface area contributed by atoms with Crippen molar-refractivity contribution in [3.63, 3.8) is 0 Å². The Bertz CT molecular complexity index is 738. The van der Waals surface area contributed by atoms with Crippen LogP contribution in [-0.4, -0.2) is 61.8 Å². The summed E-state index contributed by atoms with van der Waals surface area (Å²) in [4.78, 5) is 29.0. The van der Waals surface area contributed by atoms with Crippen molar-refractivity contribution in [2.24, 2.45) is 0 Å². The molecule has 0 radical (unpaired) electrons. The third-order valence-electron chi connectivity index (χ3n) is 6.85. The molecule has 1 aromatic rings. The number of ether oxygens (including phenoxy) is 2. The average molecular weight is 401 g/mol. The van der Waals surface area contributed by atoms with Crippen LogP contribution in [0.3, 0.4) is 0 Å². The number of benzene rings is 1. The second kappa shape index (κ2) is 8.84. The van der Waals surface area contributed by atoms with Gasteiger partial charge in [0.05, 0.1) is 24.2 Å². The predicted octanol–water partition coefficient (Wildman–Crippen LogP) is 2.87. The quantitative estimate of drug-likeness (QED) is 0.797. The maximum absolute atomic E-state index is 13.6. The second-order valence-electron chi connectivity index (χ2n) is 8.51. The van der Waals surface area contributed by atoms with Gasteiger partial charge < -0.3 is 19.7 Å². The predicted molar refractivity (Wildman–Crippen MR) is 110 cm³/mol. The van der Waals surface area contributed by atoms with E-state index in [0.29, 0.717) is 25.3 Å². The molecule has 4 rings (SSSR count). The summed E-state index contributed by atoms with van der Waals surface area (Å²) < 4.78 is 11.0. The van der Waals surface area contributed by atoms with E-state index in [1.165, 1.54) is 0 Å². The van der Waals surface area contributed by atoms with Crippen LogP contribution in [0, 0.1) is 0 Å². The van der Waals surface area contributed by atoms with E-state index in [-0.39, 0.29) is 23.8 Å². The van der Waals surface area contributed by atoms with Gasteiger partial charge in [0.15, 0.2) is 0 Å². The number of nitrogens with one attached hydrogen (secondary N) is 1. The molecule has 29 heavy (non-hydrogen) atoms. The van der Waals surface area contributed by atoms with Gasteiger partial charge in [-0.2, -0.15) is 0 Å². The normalized spacial score (nSPS) is 25.8. The van der Waals surface area contributed by atoms with Gasteiger partial charge in [0.2, 0.25) is 5.91 Å². The average Bonchev–Trinajstić information content (AvgIpc) is 3.27. The number of carbonyl (C=O) groups is 2. The first-order valence-electron chi connectivity index (χ1n) is 11.0. The van der Waals surface area contributed by atoms with E-state index < -0.39 is 5.54 Å². The largest absolute Gasteiger partial charge is 0.383 e. The van der Waals surface area contributed by atoms with E-state index in [0.717, 1.165) is 57.1 Å². The Morgan fingerprint density at radius 2 is 2.03 bits per heavy atom. The van der Waals surface area contributed by atoms with Gasteiger partial charge in [0.1, 0.15) is 0 Å². The zero-order valence-corrected chi connectivity index (χ0v) is 17.3. The summed E-state index contributed by atoms with van der Waals surface area (Å²) in [6.45, 7) is 2.30. The number of nitrogens with zero attached hydrogens (tertiary/aromatic N) is 1. The van der Waals surface area contributed by atoms with Crippen molar-refractivity contribution >= 4 is 11.8 Å². The minimum absolute atomic E-state index is 0.0183. The third kappa shape index (κ3) is 3.80. The fraction of sp³-hybridized carbons (Fsp3) is 0.652. The molecule has 6 nitrogen and oxygen atoms in total. The summed E-state index contributed by atoms with van der Waals surface area (Å²) in [7, 11) is 1.65. The van der Waals surface area contributed by atoms with Gasteiger partial charge in [0.25, 0.3) is 5.91 Å². The molecule has 2 unspecified atom stereocenters. The number of hydrogen-bond donors (Lipinski definition) is 1. The van der Waals surface area contributed by atoms with Crippen molar-refractivity contribution in [3.8, 4) is 0 Å². The Morgan fingerprint density at radius 1 is 1.24 bits per heavy atom. The number of fused-ring (bicyclic) bond motifs is 1. The Kier molecular flexibility index (Phi) is 6.20. The van der Waals surface area contributed by atoms with Crippen molar-refractivity contribution in [1.82, 2.24) is 10.2 Å². The van der Waals surface area contributed by atoms with Crippen molar-refractivity contribution in [3.05, 3.63) is 35.4 Å². The summed E-state index contributed by atoms with van der Waals surface area (Å²) in [6.07, 6.45) is 7.08. The Hall–Kier alpha value is -1.92. The van der Waals surface area contributed by atoms with E-state index in [4.69, 9.17) is 9.47 Å². The first-order chi connectivity index (χ1) is 14.2. The number of methoxy groups -OCH3 is 1. The fourth-order valence-electron chi connectivity index (χ4n) is 5.47. The number of hydrogen-bond acceptors (Lipinski definition) is 4. The van der Waals surface area contributed by atoms with Crippen LogP contribution in [0.25, 0.3) is 0 Å². The molecule has 0 aromatic heterocycles. The van der Waals surface area contributed by atoms with E-state index in [9.17, 15) is 9.59 Å². The highest BCUT2D eigenvalue weighted by Crippen LogP contribution is 2.49. The van der Waals surface area contributed by atoms with Crippen LogP contribution in [0.4, 0.5) is 0 Å².